The molecule has 0 saturated carbocycles. The molecule has 0 radical (unpaired) electrons. The topological polar surface area (TPSA) is 94.1 Å². The van der Waals surface area contributed by atoms with Crippen molar-refractivity contribution in [1.82, 2.24) is 5.32 Å². The number of carbonyl (C=O) groups excluding carboxylic acids is 1. The fourth-order valence-corrected chi connectivity index (χ4v) is 1.45. The van der Waals surface area contributed by atoms with Crippen LogP contribution in [0.15, 0.2) is 12.7 Å². The van der Waals surface area contributed by atoms with Crippen molar-refractivity contribution < 1.29 is 32.8 Å². The number of carbonyl (C=O) groups is 1. The molecule has 0 aliphatic carbocycles. The lowest BCUT2D eigenvalue weighted by Crippen LogP contribution is -2.37. The van der Waals surface area contributed by atoms with E-state index in [4.69, 9.17) is 4.52 Å². The van der Waals surface area contributed by atoms with Crippen LogP contribution in [0.3, 0.4) is 0 Å². The summed E-state index contributed by atoms with van der Waals surface area (Å²) in [7, 11) is 1.44. The van der Waals surface area contributed by atoms with E-state index in [9.17, 15) is 14.3 Å². The van der Waals surface area contributed by atoms with Crippen molar-refractivity contribution in [2.75, 3.05) is 34.3 Å². The second kappa shape index (κ2) is 7.74. The van der Waals surface area contributed by atoms with Crippen molar-refractivity contribution in [3.8, 4) is 0 Å². The molecule has 0 bridgehead atoms. The van der Waals surface area contributed by atoms with Gasteiger partial charge in [-0.15, -0.1) is 4.67 Å². The molecule has 8 nitrogen and oxygen atoms in total. The molecule has 9 heteroatoms. The summed E-state index contributed by atoms with van der Waals surface area (Å²) in [6.45, 7) is 5.23. The van der Waals surface area contributed by atoms with Gasteiger partial charge < -0.3 is 14.7 Å². The van der Waals surface area contributed by atoms with Gasteiger partial charge in [-0.1, -0.05) is 6.58 Å². The molecule has 0 fully saturated rings. The van der Waals surface area contributed by atoms with Gasteiger partial charge in [-0.3, -0.25) is 9.32 Å². The zero-order valence-corrected chi connectivity index (χ0v) is 12.6. The zero-order valence-electron chi connectivity index (χ0n) is 11.7. The standard InChI is InChI=1S/C10H21N2O6P/c1-6-10(13)11-9(2)17-18-19(14,15)16-8-7-12(3,4)5/h6,9H,1,7-8H2,2-5H3,(H-,11,13,14,15)/p+1. The van der Waals surface area contributed by atoms with E-state index in [2.05, 4.69) is 21.5 Å². The molecule has 0 rings (SSSR count). The molecule has 2 N–H and O–H groups in total. The highest BCUT2D eigenvalue weighted by molar-refractivity contribution is 7.47. The molecule has 1 amide bonds. The summed E-state index contributed by atoms with van der Waals surface area (Å²) < 4.78 is 21.0. The van der Waals surface area contributed by atoms with Gasteiger partial charge >= 0.3 is 7.82 Å². The van der Waals surface area contributed by atoms with E-state index < -0.39 is 20.0 Å². The van der Waals surface area contributed by atoms with E-state index in [1.807, 2.05) is 21.1 Å². The maximum Gasteiger partial charge on any atom is 0.499 e. The van der Waals surface area contributed by atoms with E-state index in [1.54, 1.807) is 0 Å². The number of quaternary nitrogens is 1. The Labute approximate surface area is 113 Å². The quantitative estimate of drug-likeness (QED) is 0.160. The van der Waals surface area contributed by atoms with E-state index in [1.165, 1.54) is 6.92 Å². The molecule has 0 aromatic heterocycles. The fourth-order valence-electron chi connectivity index (χ4n) is 0.854. The first kappa shape index (κ1) is 18.2. The Kier molecular flexibility index (Phi) is 7.43. The lowest BCUT2D eigenvalue weighted by atomic mass is 10.5. The van der Waals surface area contributed by atoms with E-state index in [0.29, 0.717) is 11.0 Å². The third kappa shape index (κ3) is 10.8. The Morgan fingerprint density at radius 3 is 2.58 bits per heavy atom. The van der Waals surface area contributed by atoms with Crippen molar-refractivity contribution in [1.29, 1.82) is 0 Å². The molecule has 0 spiro atoms. The SMILES string of the molecule is C=CC(=O)NC(C)OOP(=O)(O)OCC[N+](C)(C)C. The van der Waals surface area contributed by atoms with Gasteiger partial charge in [0.25, 0.3) is 0 Å². The minimum absolute atomic E-state index is 0.0357. The Morgan fingerprint density at radius 1 is 1.53 bits per heavy atom. The van der Waals surface area contributed by atoms with Gasteiger partial charge in [0, 0.05) is 0 Å². The number of phosphoric acid groups is 1. The first-order chi connectivity index (χ1) is 8.56. The number of hydrogen-bond donors (Lipinski definition) is 2. The summed E-state index contributed by atoms with van der Waals surface area (Å²) in [5.74, 6) is -0.491. The second-order valence-electron chi connectivity index (χ2n) is 4.84. The minimum atomic E-state index is -4.29. The number of likely N-dealkylation sites (N-methyl/N-ethyl adjacent to an activating group) is 1. The third-order valence-corrected chi connectivity index (χ3v) is 2.61. The van der Waals surface area contributed by atoms with Crippen LogP contribution >= 0.6 is 7.82 Å². The first-order valence-corrected chi connectivity index (χ1v) is 7.11. The predicted octanol–water partition coefficient (Wildman–Crippen LogP) is 0.406. The number of amides is 1. The van der Waals surface area contributed by atoms with Crippen molar-refractivity contribution in [2.45, 2.75) is 13.2 Å². The highest BCUT2D eigenvalue weighted by atomic mass is 31.2. The molecule has 0 aromatic carbocycles. The lowest BCUT2D eigenvalue weighted by molar-refractivity contribution is -0.870. The fraction of sp³-hybridized carbons (Fsp3) is 0.700. The number of nitrogens with zero attached hydrogens (tertiary/aromatic N) is 1. The molecule has 0 heterocycles. The summed E-state index contributed by atoms with van der Waals surface area (Å²) in [6, 6.07) is 0. The van der Waals surface area contributed by atoms with Crippen LogP contribution < -0.4 is 5.32 Å². The second-order valence-corrected chi connectivity index (χ2v) is 6.19. The highest BCUT2D eigenvalue weighted by Crippen LogP contribution is 2.43. The van der Waals surface area contributed by atoms with Crippen LogP contribution in [0, 0.1) is 0 Å². The van der Waals surface area contributed by atoms with Crippen molar-refractivity contribution in [2.24, 2.45) is 0 Å². The molecule has 2 unspecified atom stereocenters. The van der Waals surface area contributed by atoms with Crippen molar-refractivity contribution >= 4 is 13.7 Å². The summed E-state index contributed by atoms with van der Waals surface area (Å²) in [5, 5.41) is 2.29. The Morgan fingerprint density at radius 2 is 2.11 bits per heavy atom. The number of hydrogen-bond acceptors (Lipinski definition) is 5. The summed E-state index contributed by atoms with van der Waals surface area (Å²) >= 11 is 0. The van der Waals surface area contributed by atoms with Gasteiger partial charge in [0.2, 0.25) is 5.91 Å². The molecule has 0 aliphatic rings. The minimum Gasteiger partial charge on any atom is -0.329 e. The first-order valence-electron chi connectivity index (χ1n) is 5.61. The summed E-state index contributed by atoms with van der Waals surface area (Å²) in [5.41, 5.74) is 0. The number of nitrogens with one attached hydrogen (secondary N) is 1. The summed E-state index contributed by atoms with van der Waals surface area (Å²) in [4.78, 5) is 24.7. The predicted molar refractivity (Wildman–Crippen MR) is 68.6 cm³/mol. The summed E-state index contributed by atoms with van der Waals surface area (Å²) in [6.07, 6.45) is 0.129. The number of phosphoric ester groups is 1. The Balaban J connectivity index is 3.99. The molecule has 19 heavy (non-hydrogen) atoms. The molecule has 2 atom stereocenters. The molecular formula is C10H22N2O6P+. The molecule has 112 valence electrons. The van der Waals surface area contributed by atoms with Crippen LogP contribution in [0.5, 0.6) is 0 Å². The largest absolute Gasteiger partial charge is 0.499 e. The lowest BCUT2D eigenvalue weighted by Gasteiger charge is -2.24. The van der Waals surface area contributed by atoms with Gasteiger partial charge in [-0.05, 0) is 13.0 Å². The van der Waals surface area contributed by atoms with E-state index >= 15 is 0 Å². The van der Waals surface area contributed by atoms with Gasteiger partial charge in [0.1, 0.15) is 13.2 Å². The Bertz CT molecular complexity index is 354. The highest BCUT2D eigenvalue weighted by Gasteiger charge is 2.25. The van der Waals surface area contributed by atoms with E-state index in [0.717, 1.165) is 6.08 Å². The molecule has 0 aliphatic heterocycles. The van der Waals surface area contributed by atoms with Crippen molar-refractivity contribution in [3.05, 3.63) is 12.7 Å². The van der Waals surface area contributed by atoms with Crippen LogP contribution in [0.25, 0.3) is 0 Å². The van der Waals surface area contributed by atoms with Gasteiger partial charge in [0.05, 0.1) is 21.1 Å². The molecule has 0 aromatic rings. The van der Waals surface area contributed by atoms with Crippen molar-refractivity contribution in [3.63, 3.8) is 0 Å². The normalized spacial score (nSPS) is 16.5. The maximum absolute atomic E-state index is 11.4. The maximum atomic E-state index is 11.4. The van der Waals surface area contributed by atoms with Crippen LogP contribution in [0.1, 0.15) is 6.92 Å². The zero-order chi connectivity index (χ0) is 15.1. The smallest absolute Gasteiger partial charge is 0.329 e. The van der Waals surface area contributed by atoms with Gasteiger partial charge in [-0.25, -0.2) is 9.45 Å². The Hall–Kier alpha value is -0.760. The monoisotopic (exact) mass is 297 g/mol. The number of rotatable bonds is 9. The van der Waals surface area contributed by atoms with Crippen LogP contribution in [-0.4, -0.2) is 55.8 Å². The van der Waals surface area contributed by atoms with Crippen LogP contribution in [-0.2, 0) is 23.4 Å². The average molecular weight is 297 g/mol. The average Bonchev–Trinajstić information content (AvgIpc) is 2.24. The van der Waals surface area contributed by atoms with Gasteiger partial charge in [0.15, 0.2) is 6.23 Å². The van der Waals surface area contributed by atoms with Crippen LogP contribution in [0.4, 0.5) is 0 Å². The molecule has 0 saturated heterocycles. The van der Waals surface area contributed by atoms with E-state index in [-0.39, 0.29) is 6.61 Å². The van der Waals surface area contributed by atoms with Crippen LogP contribution in [0.2, 0.25) is 0 Å². The van der Waals surface area contributed by atoms with Gasteiger partial charge in [-0.2, -0.15) is 0 Å². The third-order valence-electron chi connectivity index (χ3n) is 1.83. The molecular weight excluding hydrogens is 275 g/mol.